The molecule has 1 aliphatic carbocycles. The highest BCUT2D eigenvalue weighted by Gasteiger charge is 2.49. The molecule has 0 aliphatic heterocycles. The zero-order chi connectivity index (χ0) is 67.4. The molecule has 2 N–H and O–H groups in total. The minimum Gasteiger partial charge on any atom is -0.446 e. The van der Waals surface area contributed by atoms with Crippen LogP contribution >= 0.6 is 0 Å². The average Bonchev–Trinajstić information content (AvgIpc) is 0.851. The first kappa shape index (κ1) is 87.8. The minimum atomic E-state index is -1.99. The summed E-state index contributed by atoms with van der Waals surface area (Å²) in [5.41, 5.74) is 3.58. The highest BCUT2D eigenvalue weighted by atomic mass is 17.2. The Morgan fingerprint density at radius 2 is 0.570 bits per heavy atom. The van der Waals surface area contributed by atoms with Gasteiger partial charge in [0.2, 0.25) is 6.10 Å². The van der Waals surface area contributed by atoms with E-state index in [9.17, 15) is 28.8 Å². The Labute approximate surface area is 571 Å². The van der Waals surface area contributed by atoms with Gasteiger partial charge in [0.15, 0.2) is 5.54 Å². The van der Waals surface area contributed by atoms with Crippen LogP contribution in [0, 0.1) is 0 Å². The quantitative estimate of drug-likeness (QED) is 0.0146. The molecule has 0 amide bonds. The lowest BCUT2D eigenvalue weighted by Gasteiger charge is -2.39. The summed E-state index contributed by atoms with van der Waals surface area (Å²) in [7, 11) is 0. The molecular formula is C79H148N2O12. The average molecular weight is 1320 g/mol. The van der Waals surface area contributed by atoms with Crippen molar-refractivity contribution in [2.45, 2.75) is 469 Å². The summed E-state index contributed by atoms with van der Waals surface area (Å²) in [6, 6.07) is 0. The lowest BCUT2D eigenvalue weighted by atomic mass is 9.77. The van der Waals surface area contributed by atoms with Gasteiger partial charge in [-0.1, -0.05) is 381 Å². The summed E-state index contributed by atoms with van der Waals surface area (Å²) < 4.78 is 11.5. The molecule has 0 aromatic rings. The number of hydrogen-bond donors (Lipinski definition) is 2. The number of unbranched alkanes of at least 4 members (excludes halogenated alkanes) is 55. The van der Waals surface area contributed by atoms with E-state index in [1.54, 1.807) is 0 Å². The van der Waals surface area contributed by atoms with E-state index in [-0.39, 0.29) is 38.5 Å². The smallest absolute Gasteiger partial charge is 0.395 e. The van der Waals surface area contributed by atoms with Crippen LogP contribution in [0.15, 0.2) is 0 Å². The number of carbonyl (C=O) groups is 6. The molecule has 0 heterocycles. The SMILES string of the molecule is CCCCCCCCCCCCCCCCCC(=O)ONC(OC(=O)C1(NOC(=O)CCCCCCCCCCCCCCCCC)CCC1)C(=O)OC(CCCCCCCCCCCCCCCC)C(=O)OOC(=O)CCCCCCCCCCCCCCCCC. The van der Waals surface area contributed by atoms with Crippen LogP contribution in [0.4, 0.5) is 0 Å². The molecule has 0 aromatic heterocycles. The van der Waals surface area contributed by atoms with E-state index < -0.39 is 53.7 Å². The molecule has 2 atom stereocenters. The van der Waals surface area contributed by atoms with Gasteiger partial charge in [0, 0.05) is 12.8 Å². The normalized spacial score (nSPS) is 13.3. The van der Waals surface area contributed by atoms with Gasteiger partial charge in [-0.3, -0.25) is 9.59 Å². The molecule has 1 rings (SSSR count). The van der Waals surface area contributed by atoms with Crippen LogP contribution in [0.2, 0.25) is 0 Å². The number of carbonyl (C=O) groups excluding carboxylic acids is 6. The lowest BCUT2D eigenvalue weighted by Crippen LogP contribution is -2.60. The summed E-state index contributed by atoms with van der Waals surface area (Å²) in [5.74, 6) is -5.04. The Morgan fingerprint density at radius 3 is 0.860 bits per heavy atom. The number of rotatable bonds is 72. The highest BCUT2D eigenvalue weighted by molar-refractivity contribution is 5.87. The monoisotopic (exact) mass is 1320 g/mol. The first-order valence-electron chi connectivity index (χ1n) is 40.4. The molecule has 0 aromatic carbocycles. The molecule has 0 radical (unpaired) electrons. The molecule has 0 bridgehead atoms. The second-order valence-corrected chi connectivity index (χ2v) is 28.2. The number of nitrogens with one attached hydrogen (secondary N) is 2. The number of hydroxylamine groups is 2. The van der Waals surface area contributed by atoms with Crippen LogP contribution < -0.4 is 11.0 Å². The van der Waals surface area contributed by atoms with E-state index >= 15 is 0 Å². The van der Waals surface area contributed by atoms with E-state index in [2.05, 4.69) is 38.7 Å². The van der Waals surface area contributed by atoms with Gasteiger partial charge in [0.05, 0.1) is 6.42 Å². The fraction of sp³-hybridized carbons (Fsp3) is 0.924. The first-order valence-corrected chi connectivity index (χ1v) is 40.4. The van der Waals surface area contributed by atoms with Gasteiger partial charge in [-0.2, -0.15) is 0 Å². The number of hydrogen-bond acceptors (Lipinski definition) is 14. The van der Waals surface area contributed by atoms with Crippen LogP contribution in [0.1, 0.15) is 451 Å². The molecular weight excluding hydrogens is 1170 g/mol. The maximum atomic E-state index is 14.2. The van der Waals surface area contributed by atoms with Gasteiger partial charge in [0.1, 0.15) is 0 Å². The van der Waals surface area contributed by atoms with Crippen molar-refractivity contribution in [2.24, 2.45) is 0 Å². The van der Waals surface area contributed by atoms with Crippen LogP contribution in [0.5, 0.6) is 0 Å². The van der Waals surface area contributed by atoms with Gasteiger partial charge >= 0.3 is 35.8 Å². The minimum absolute atomic E-state index is 0.0552. The van der Waals surface area contributed by atoms with Gasteiger partial charge in [-0.25, -0.2) is 29.0 Å². The van der Waals surface area contributed by atoms with Gasteiger partial charge in [-0.15, -0.1) is 11.0 Å². The summed E-state index contributed by atoms with van der Waals surface area (Å²) in [5, 5.41) is 0. The molecule has 546 valence electrons. The van der Waals surface area contributed by atoms with Gasteiger partial charge < -0.3 is 19.1 Å². The van der Waals surface area contributed by atoms with Crippen molar-refractivity contribution >= 4 is 35.8 Å². The van der Waals surface area contributed by atoms with Crippen molar-refractivity contribution in [2.75, 3.05) is 0 Å². The van der Waals surface area contributed by atoms with Crippen molar-refractivity contribution in [3.05, 3.63) is 0 Å². The second kappa shape index (κ2) is 67.3. The lowest BCUT2D eigenvalue weighted by molar-refractivity contribution is -0.266. The first-order chi connectivity index (χ1) is 45.6. The second-order valence-electron chi connectivity index (χ2n) is 28.2. The topological polar surface area (TPSA) is 182 Å². The zero-order valence-corrected chi connectivity index (χ0v) is 61.2. The zero-order valence-electron chi connectivity index (χ0n) is 61.2. The van der Waals surface area contributed by atoms with Crippen molar-refractivity contribution in [3.63, 3.8) is 0 Å². The standard InChI is InChI=1S/C79H148N2O12/c1-5-9-13-17-21-25-29-33-37-41-45-49-53-57-61-66-72(82)90-80-75(89-78(87)79(69-64-70-79)81-91-73(83)67-62-58-54-50-46-42-38-34-30-26-22-18-14-10-6-2)77(86)88-71(65-60-56-52-48-44-40-36-32-28-24-20-16-12-8-4)76(85)93-92-74(84)68-63-59-55-51-47-43-39-35-31-27-23-19-15-11-7-3/h71,75,80-81H,5-70H2,1-4H3. The van der Waals surface area contributed by atoms with Crippen molar-refractivity contribution in [1.29, 1.82) is 0 Å². The maximum Gasteiger partial charge on any atom is 0.395 e. The highest BCUT2D eigenvalue weighted by Crippen LogP contribution is 2.34. The molecule has 1 aliphatic rings. The Hall–Kier alpha value is -3.26. The summed E-state index contributed by atoms with van der Waals surface area (Å²) in [4.78, 5) is 102. The summed E-state index contributed by atoms with van der Waals surface area (Å²) in [6.07, 6.45) is 67.9. The summed E-state index contributed by atoms with van der Waals surface area (Å²) in [6.45, 7) is 9.01. The molecule has 93 heavy (non-hydrogen) atoms. The number of ether oxygens (including phenoxy) is 2. The van der Waals surface area contributed by atoms with Crippen molar-refractivity contribution < 1.29 is 57.7 Å². The summed E-state index contributed by atoms with van der Waals surface area (Å²) >= 11 is 0. The van der Waals surface area contributed by atoms with Crippen LogP contribution in [0.25, 0.3) is 0 Å². The van der Waals surface area contributed by atoms with Crippen LogP contribution in [0.3, 0.4) is 0 Å². The predicted molar refractivity (Wildman–Crippen MR) is 381 cm³/mol. The fourth-order valence-corrected chi connectivity index (χ4v) is 12.7. The van der Waals surface area contributed by atoms with Crippen LogP contribution in [-0.4, -0.2) is 53.7 Å². The van der Waals surface area contributed by atoms with Gasteiger partial charge in [-0.05, 0) is 51.4 Å². The molecule has 2 unspecified atom stereocenters. The Morgan fingerprint density at radius 1 is 0.301 bits per heavy atom. The molecule has 14 heteroatoms. The fourth-order valence-electron chi connectivity index (χ4n) is 12.7. The van der Waals surface area contributed by atoms with E-state index in [0.29, 0.717) is 32.1 Å². The van der Waals surface area contributed by atoms with Crippen molar-refractivity contribution in [1.82, 2.24) is 11.0 Å². The third-order valence-corrected chi connectivity index (χ3v) is 19.2. The van der Waals surface area contributed by atoms with E-state index in [4.69, 9.17) is 28.9 Å². The third-order valence-electron chi connectivity index (χ3n) is 19.2. The van der Waals surface area contributed by atoms with E-state index in [0.717, 1.165) is 83.5 Å². The molecule has 0 spiro atoms. The third kappa shape index (κ3) is 55.4. The van der Waals surface area contributed by atoms with Crippen LogP contribution in [-0.2, 0) is 57.7 Å². The molecule has 1 fully saturated rings. The molecule has 0 saturated heterocycles. The molecule has 1 saturated carbocycles. The van der Waals surface area contributed by atoms with E-state index in [1.807, 2.05) is 0 Å². The number of esters is 2. The Balaban J connectivity index is 2.91. The Kier molecular flexibility index (Phi) is 63.5. The largest absolute Gasteiger partial charge is 0.446 e. The van der Waals surface area contributed by atoms with Crippen molar-refractivity contribution in [3.8, 4) is 0 Å². The Bertz CT molecular complexity index is 1730. The van der Waals surface area contributed by atoms with E-state index in [1.165, 1.54) is 270 Å². The molecule has 14 nitrogen and oxygen atoms in total. The van der Waals surface area contributed by atoms with Gasteiger partial charge in [0.25, 0.3) is 6.23 Å². The maximum absolute atomic E-state index is 14.2. The predicted octanol–water partition coefficient (Wildman–Crippen LogP) is 23.4.